The Hall–Kier alpha value is -1.18. The molecule has 1 aliphatic rings. The van der Waals surface area contributed by atoms with Gasteiger partial charge < -0.3 is 10.5 Å². The molecule has 0 spiro atoms. The molecule has 0 bridgehead atoms. The lowest BCUT2D eigenvalue weighted by atomic mass is 9.94. The Morgan fingerprint density at radius 1 is 1.37 bits per heavy atom. The molecule has 7 heteroatoms. The number of nitrogens with one attached hydrogen (secondary N) is 1. The van der Waals surface area contributed by atoms with Gasteiger partial charge in [0.25, 0.3) is 0 Å². The molecule has 0 amide bonds. The molecule has 0 atom stereocenters. The molecule has 0 radical (unpaired) electrons. The van der Waals surface area contributed by atoms with E-state index in [1.54, 1.807) is 0 Å². The number of hydrogen-bond acceptors (Lipinski definition) is 4. The lowest BCUT2D eigenvalue weighted by molar-refractivity contribution is 0.0537. The summed E-state index contributed by atoms with van der Waals surface area (Å²) in [5, 5.41) is 0. The Kier molecular flexibility index (Phi) is 3.80. The van der Waals surface area contributed by atoms with Crippen LogP contribution in [-0.4, -0.2) is 27.2 Å². The maximum atomic E-state index is 13.1. The summed E-state index contributed by atoms with van der Waals surface area (Å²) in [6, 6.07) is 3.38. The van der Waals surface area contributed by atoms with Crippen LogP contribution >= 0.6 is 0 Å². The van der Waals surface area contributed by atoms with E-state index in [4.69, 9.17) is 10.5 Å². The van der Waals surface area contributed by atoms with E-state index in [0.717, 1.165) is 12.1 Å². The second-order valence-electron chi connectivity index (χ2n) is 4.96. The number of rotatable bonds is 3. The van der Waals surface area contributed by atoms with E-state index in [0.29, 0.717) is 26.1 Å². The molecule has 1 fully saturated rings. The van der Waals surface area contributed by atoms with Crippen molar-refractivity contribution in [2.45, 2.75) is 30.2 Å². The molecule has 0 aromatic heterocycles. The normalized spacial score (nSPS) is 19.3. The van der Waals surface area contributed by atoms with Crippen LogP contribution in [0.1, 0.15) is 19.8 Å². The molecular weight excluding hydrogens is 271 g/mol. The first-order chi connectivity index (χ1) is 8.82. The lowest BCUT2D eigenvalue weighted by Crippen LogP contribution is -2.49. The number of sulfonamides is 1. The summed E-state index contributed by atoms with van der Waals surface area (Å²) < 4.78 is 45.4. The summed E-state index contributed by atoms with van der Waals surface area (Å²) in [7, 11) is -3.71. The molecule has 1 aromatic carbocycles. The van der Waals surface area contributed by atoms with Crippen molar-refractivity contribution in [2.24, 2.45) is 0 Å². The molecular formula is C12H17FN2O3S. The van der Waals surface area contributed by atoms with Crippen molar-refractivity contribution in [3.05, 3.63) is 24.0 Å². The van der Waals surface area contributed by atoms with E-state index in [1.165, 1.54) is 6.07 Å². The molecule has 2 rings (SSSR count). The minimum Gasteiger partial charge on any atom is -0.396 e. The average molecular weight is 288 g/mol. The average Bonchev–Trinajstić information content (AvgIpc) is 2.32. The third kappa shape index (κ3) is 3.23. The highest BCUT2D eigenvalue weighted by atomic mass is 32.2. The maximum Gasteiger partial charge on any atom is 0.241 e. The SMILES string of the molecule is CC1(NS(=O)(=O)c2ccc(F)c(N)c2)CCOCC1. The van der Waals surface area contributed by atoms with Gasteiger partial charge in [0.05, 0.1) is 10.6 Å². The standard InChI is InChI=1S/C12H17FN2O3S/c1-12(4-6-18-7-5-12)15-19(16,17)9-2-3-10(13)11(14)8-9/h2-3,8,15H,4-7,14H2,1H3. The third-order valence-electron chi connectivity index (χ3n) is 3.25. The number of nitrogens with two attached hydrogens (primary N) is 1. The Balaban J connectivity index is 2.24. The molecule has 0 saturated carbocycles. The van der Waals surface area contributed by atoms with Crippen molar-refractivity contribution >= 4 is 15.7 Å². The Morgan fingerprint density at radius 2 is 2.00 bits per heavy atom. The quantitative estimate of drug-likeness (QED) is 0.820. The van der Waals surface area contributed by atoms with Gasteiger partial charge in [-0.1, -0.05) is 0 Å². The van der Waals surface area contributed by atoms with Gasteiger partial charge in [0.2, 0.25) is 10.0 Å². The zero-order valence-electron chi connectivity index (χ0n) is 10.6. The van der Waals surface area contributed by atoms with Crippen molar-refractivity contribution in [1.29, 1.82) is 0 Å². The van der Waals surface area contributed by atoms with Crippen LogP contribution in [0.15, 0.2) is 23.1 Å². The number of anilines is 1. The molecule has 19 heavy (non-hydrogen) atoms. The van der Waals surface area contributed by atoms with E-state index in [9.17, 15) is 12.8 Å². The van der Waals surface area contributed by atoms with E-state index >= 15 is 0 Å². The molecule has 1 aliphatic heterocycles. The topological polar surface area (TPSA) is 81.4 Å². The summed E-state index contributed by atoms with van der Waals surface area (Å²) in [5.74, 6) is -0.628. The van der Waals surface area contributed by atoms with Gasteiger partial charge in [-0.3, -0.25) is 0 Å². The summed E-state index contributed by atoms with van der Waals surface area (Å²) in [6.07, 6.45) is 1.20. The highest BCUT2D eigenvalue weighted by Gasteiger charge is 2.32. The highest BCUT2D eigenvalue weighted by Crippen LogP contribution is 2.24. The zero-order chi connectivity index (χ0) is 14.1. The fourth-order valence-corrected chi connectivity index (χ4v) is 3.50. The van der Waals surface area contributed by atoms with Gasteiger partial charge in [0.15, 0.2) is 0 Å². The van der Waals surface area contributed by atoms with Crippen molar-refractivity contribution in [1.82, 2.24) is 4.72 Å². The largest absolute Gasteiger partial charge is 0.396 e. The van der Waals surface area contributed by atoms with Gasteiger partial charge in [-0.2, -0.15) is 0 Å². The Morgan fingerprint density at radius 3 is 2.58 bits per heavy atom. The van der Waals surface area contributed by atoms with E-state index in [-0.39, 0.29) is 10.6 Å². The van der Waals surface area contributed by atoms with Gasteiger partial charge in [0, 0.05) is 18.8 Å². The maximum absolute atomic E-state index is 13.1. The molecule has 3 N–H and O–H groups in total. The second-order valence-corrected chi connectivity index (χ2v) is 6.64. The fraction of sp³-hybridized carbons (Fsp3) is 0.500. The first-order valence-electron chi connectivity index (χ1n) is 5.99. The second kappa shape index (κ2) is 5.07. The van der Waals surface area contributed by atoms with Crippen molar-refractivity contribution in [2.75, 3.05) is 18.9 Å². The summed E-state index contributed by atoms with van der Waals surface area (Å²) in [4.78, 5) is -0.0286. The van der Waals surface area contributed by atoms with Gasteiger partial charge >= 0.3 is 0 Å². The summed E-state index contributed by atoms with van der Waals surface area (Å²) in [6.45, 7) is 2.87. The Bertz CT molecular complexity index is 568. The highest BCUT2D eigenvalue weighted by molar-refractivity contribution is 7.89. The van der Waals surface area contributed by atoms with Crippen molar-refractivity contribution < 1.29 is 17.5 Å². The summed E-state index contributed by atoms with van der Waals surface area (Å²) in [5.41, 5.74) is 4.67. The predicted molar refractivity (Wildman–Crippen MR) is 69.6 cm³/mol. The minimum atomic E-state index is -3.71. The smallest absolute Gasteiger partial charge is 0.241 e. The van der Waals surface area contributed by atoms with E-state index in [1.807, 2.05) is 6.92 Å². The first-order valence-corrected chi connectivity index (χ1v) is 7.47. The number of nitrogen functional groups attached to an aromatic ring is 1. The van der Waals surface area contributed by atoms with Crippen LogP contribution in [0.25, 0.3) is 0 Å². The number of ether oxygens (including phenoxy) is 1. The lowest BCUT2D eigenvalue weighted by Gasteiger charge is -2.34. The first kappa shape index (κ1) is 14.2. The van der Waals surface area contributed by atoms with Crippen LogP contribution in [0.4, 0.5) is 10.1 Å². The Labute approximate surface area is 112 Å². The van der Waals surface area contributed by atoms with Crippen molar-refractivity contribution in [3.63, 3.8) is 0 Å². The van der Waals surface area contributed by atoms with Crippen LogP contribution in [0.3, 0.4) is 0 Å². The molecule has 1 aromatic rings. The number of hydrogen-bond donors (Lipinski definition) is 2. The molecule has 1 saturated heterocycles. The van der Waals surface area contributed by atoms with Crippen LogP contribution in [0.5, 0.6) is 0 Å². The van der Waals surface area contributed by atoms with E-state index in [2.05, 4.69) is 4.72 Å². The van der Waals surface area contributed by atoms with Crippen LogP contribution in [0, 0.1) is 5.82 Å². The number of halogens is 1. The molecule has 1 heterocycles. The van der Waals surface area contributed by atoms with E-state index < -0.39 is 21.4 Å². The monoisotopic (exact) mass is 288 g/mol. The molecule has 5 nitrogen and oxygen atoms in total. The predicted octanol–water partition coefficient (Wildman–Crippen LogP) is 1.26. The van der Waals surface area contributed by atoms with Gasteiger partial charge in [-0.15, -0.1) is 0 Å². The number of benzene rings is 1. The summed E-state index contributed by atoms with van der Waals surface area (Å²) >= 11 is 0. The zero-order valence-corrected chi connectivity index (χ0v) is 11.5. The third-order valence-corrected chi connectivity index (χ3v) is 4.89. The molecule has 106 valence electrons. The minimum absolute atomic E-state index is 0.0286. The van der Waals surface area contributed by atoms with Gasteiger partial charge in [-0.25, -0.2) is 17.5 Å². The van der Waals surface area contributed by atoms with Crippen LogP contribution in [0.2, 0.25) is 0 Å². The van der Waals surface area contributed by atoms with Crippen LogP contribution in [-0.2, 0) is 14.8 Å². The van der Waals surface area contributed by atoms with Crippen molar-refractivity contribution in [3.8, 4) is 0 Å². The van der Waals surface area contributed by atoms with Gasteiger partial charge in [0.1, 0.15) is 5.82 Å². The molecule has 0 unspecified atom stereocenters. The van der Waals surface area contributed by atoms with Crippen LogP contribution < -0.4 is 10.5 Å². The molecule has 0 aliphatic carbocycles. The fourth-order valence-electron chi connectivity index (χ4n) is 2.00. The van der Waals surface area contributed by atoms with Gasteiger partial charge in [-0.05, 0) is 38.0 Å².